The Morgan fingerprint density at radius 3 is 2.55 bits per heavy atom. The summed E-state index contributed by atoms with van der Waals surface area (Å²) in [7, 11) is 0. The predicted octanol–water partition coefficient (Wildman–Crippen LogP) is 3.64. The van der Waals surface area contributed by atoms with E-state index in [1.165, 1.54) is 16.6 Å². The fourth-order valence-corrected chi connectivity index (χ4v) is 2.58. The predicted molar refractivity (Wildman–Crippen MR) is 83.4 cm³/mol. The van der Waals surface area contributed by atoms with Crippen molar-refractivity contribution in [3.05, 3.63) is 72.6 Å². The minimum absolute atomic E-state index is 0.894. The number of aromatic nitrogens is 2. The van der Waals surface area contributed by atoms with Crippen LogP contribution in [-0.2, 0) is 13.1 Å². The van der Waals surface area contributed by atoms with Gasteiger partial charge in [-0.25, -0.2) is 9.13 Å². The maximum absolute atomic E-state index is 3.79. The molecule has 0 aliphatic rings. The third-order valence-electron chi connectivity index (χ3n) is 3.69. The zero-order valence-corrected chi connectivity index (χ0v) is 11.8. The standard InChI is InChI=1S/C18H19N2/c1-3-15-9-11-16(12-10-15)13-20-14-19(4-2)17-7-5-6-8-18(17)20/h3,5-12,14H,1,4,13H2,2H3/q+1. The van der Waals surface area contributed by atoms with Crippen LogP contribution in [0.2, 0.25) is 0 Å². The van der Waals surface area contributed by atoms with Crippen LogP contribution in [0.3, 0.4) is 0 Å². The van der Waals surface area contributed by atoms with E-state index in [1.54, 1.807) is 0 Å². The molecule has 0 unspecified atom stereocenters. The summed E-state index contributed by atoms with van der Waals surface area (Å²) in [5.41, 5.74) is 5.04. The first-order valence-corrected chi connectivity index (χ1v) is 7.00. The molecule has 20 heavy (non-hydrogen) atoms. The Labute approximate surface area is 119 Å². The molecule has 1 heterocycles. The van der Waals surface area contributed by atoms with Gasteiger partial charge in [0.05, 0.1) is 6.54 Å². The zero-order valence-electron chi connectivity index (χ0n) is 11.8. The summed E-state index contributed by atoms with van der Waals surface area (Å²) in [5, 5.41) is 0. The van der Waals surface area contributed by atoms with Crippen LogP contribution in [0.25, 0.3) is 17.1 Å². The van der Waals surface area contributed by atoms with Gasteiger partial charge in [-0.15, -0.1) is 0 Å². The molecule has 2 aromatic carbocycles. The van der Waals surface area contributed by atoms with E-state index in [9.17, 15) is 0 Å². The molecule has 2 nitrogen and oxygen atoms in total. The van der Waals surface area contributed by atoms with Crippen molar-refractivity contribution in [1.29, 1.82) is 0 Å². The third-order valence-corrected chi connectivity index (χ3v) is 3.69. The first-order chi connectivity index (χ1) is 9.81. The average molecular weight is 263 g/mol. The van der Waals surface area contributed by atoms with Crippen LogP contribution in [0.1, 0.15) is 18.1 Å². The summed E-state index contributed by atoms with van der Waals surface area (Å²) in [6, 6.07) is 17.1. The molecule has 0 fully saturated rings. The average Bonchev–Trinajstić information content (AvgIpc) is 2.86. The number of aryl methyl sites for hydroxylation is 1. The molecule has 0 saturated heterocycles. The quantitative estimate of drug-likeness (QED) is 0.635. The minimum Gasteiger partial charge on any atom is -0.230 e. The maximum Gasteiger partial charge on any atom is 0.245 e. The SMILES string of the molecule is C=Cc1ccc(C[n+]2cn(CC)c3ccccc32)cc1. The van der Waals surface area contributed by atoms with Gasteiger partial charge in [0.15, 0.2) is 11.0 Å². The van der Waals surface area contributed by atoms with E-state index in [4.69, 9.17) is 0 Å². The number of fused-ring (bicyclic) bond motifs is 1. The van der Waals surface area contributed by atoms with Crippen LogP contribution in [-0.4, -0.2) is 4.57 Å². The molecule has 0 radical (unpaired) electrons. The van der Waals surface area contributed by atoms with E-state index < -0.39 is 0 Å². The van der Waals surface area contributed by atoms with Gasteiger partial charge in [0.2, 0.25) is 6.33 Å². The van der Waals surface area contributed by atoms with E-state index in [2.05, 4.69) is 77.5 Å². The normalized spacial score (nSPS) is 10.8. The van der Waals surface area contributed by atoms with Gasteiger partial charge < -0.3 is 0 Å². The van der Waals surface area contributed by atoms with Crippen molar-refractivity contribution in [2.45, 2.75) is 20.0 Å². The van der Waals surface area contributed by atoms with Gasteiger partial charge in [-0.05, 0) is 30.2 Å². The molecule has 0 bridgehead atoms. The van der Waals surface area contributed by atoms with Crippen molar-refractivity contribution >= 4 is 17.1 Å². The summed E-state index contributed by atoms with van der Waals surface area (Å²) in [4.78, 5) is 0. The molecule has 0 amide bonds. The molecule has 0 atom stereocenters. The second-order valence-electron chi connectivity index (χ2n) is 4.96. The molecule has 1 aromatic heterocycles. The van der Waals surface area contributed by atoms with Gasteiger partial charge in [-0.1, -0.05) is 49.1 Å². The van der Waals surface area contributed by atoms with E-state index in [-0.39, 0.29) is 0 Å². The van der Waals surface area contributed by atoms with Gasteiger partial charge in [0, 0.05) is 0 Å². The summed E-state index contributed by atoms with van der Waals surface area (Å²) >= 11 is 0. The Bertz CT molecular complexity index is 736. The second kappa shape index (κ2) is 5.33. The minimum atomic E-state index is 0.894. The lowest BCUT2D eigenvalue weighted by Gasteiger charge is -2.00. The topological polar surface area (TPSA) is 8.81 Å². The Morgan fingerprint density at radius 2 is 1.85 bits per heavy atom. The molecule has 0 spiro atoms. The molecular weight excluding hydrogens is 244 g/mol. The smallest absolute Gasteiger partial charge is 0.230 e. The van der Waals surface area contributed by atoms with Gasteiger partial charge in [0.1, 0.15) is 6.54 Å². The van der Waals surface area contributed by atoms with E-state index in [0.29, 0.717) is 0 Å². The Balaban J connectivity index is 1.99. The first kappa shape index (κ1) is 12.7. The largest absolute Gasteiger partial charge is 0.245 e. The van der Waals surface area contributed by atoms with Gasteiger partial charge in [0.25, 0.3) is 0 Å². The highest BCUT2D eigenvalue weighted by Crippen LogP contribution is 2.12. The third kappa shape index (κ3) is 2.25. The summed E-state index contributed by atoms with van der Waals surface area (Å²) in [6.45, 7) is 7.85. The number of hydrogen-bond donors (Lipinski definition) is 0. The molecular formula is C18H19N2+. The van der Waals surface area contributed by atoms with Crippen LogP contribution in [0, 0.1) is 0 Å². The molecule has 0 aliphatic carbocycles. The highest BCUT2D eigenvalue weighted by atomic mass is 15.1. The molecule has 2 heteroatoms. The van der Waals surface area contributed by atoms with Crippen molar-refractivity contribution in [1.82, 2.24) is 4.57 Å². The van der Waals surface area contributed by atoms with E-state index >= 15 is 0 Å². The molecule has 3 aromatic rings. The monoisotopic (exact) mass is 263 g/mol. The fraction of sp³-hybridized carbons (Fsp3) is 0.167. The van der Waals surface area contributed by atoms with Crippen LogP contribution in [0.4, 0.5) is 0 Å². The van der Waals surface area contributed by atoms with Gasteiger partial charge in [-0.3, -0.25) is 0 Å². The molecule has 0 aliphatic heterocycles. The van der Waals surface area contributed by atoms with Gasteiger partial charge >= 0.3 is 0 Å². The Kier molecular flexibility index (Phi) is 3.38. The summed E-state index contributed by atoms with van der Waals surface area (Å²) < 4.78 is 4.59. The second-order valence-corrected chi connectivity index (χ2v) is 4.96. The lowest BCUT2D eigenvalue weighted by molar-refractivity contribution is -0.663. The fourth-order valence-electron chi connectivity index (χ4n) is 2.58. The lowest BCUT2D eigenvalue weighted by Crippen LogP contribution is -2.32. The number of para-hydroxylation sites is 2. The highest BCUT2D eigenvalue weighted by Gasteiger charge is 2.13. The molecule has 0 saturated carbocycles. The molecule has 0 N–H and O–H groups in total. The lowest BCUT2D eigenvalue weighted by atomic mass is 10.1. The Hall–Kier alpha value is -2.35. The van der Waals surface area contributed by atoms with Crippen molar-refractivity contribution in [2.75, 3.05) is 0 Å². The number of nitrogens with zero attached hydrogens (tertiary/aromatic N) is 2. The van der Waals surface area contributed by atoms with Crippen molar-refractivity contribution in [3.8, 4) is 0 Å². The number of rotatable bonds is 4. The summed E-state index contributed by atoms with van der Waals surface area (Å²) in [5.74, 6) is 0. The summed E-state index contributed by atoms with van der Waals surface area (Å²) in [6.07, 6.45) is 4.08. The van der Waals surface area contributed by atoms with Gasteiger partial charge in [-0.2, -0.15) is 0 Å². The van der Waals surface area contributed by atoms with Crippen LogP contribution in [0.5, 0.6) is 0 Å². The van der Waals surface area contributed by atoms with E-state index in [1.807, 2.05) is 6.08 Å². The van der Waals surface area contributed by atoms with Crippen molar-refractivity contribution in [2.24, 2.45) is 0 Å². The maximum atomic E-state index is 3.79. The van der Waals surface area contributed by atoms with E-state index in [0.717, 1.165) is 18.7 Å². The van der Waals surface area contributed by atoms with Crippen LogP contribution >= 0.6 is 0 Å². The zero-order chi connectivity index (χ0) is 13.9. The van der Waals surface area contributed by atoms with Crippen molar-refractivity contribution < 1.29 is 4.57 Å². The first-order valence-electron chi connectivity index (χ1n) is 7.00. The van der Waals surface area contributed by atoms with Crippen LogP contribution < -0.4 is 4.57 Å². The number of benzene rings is 2. The molecule has 3 rings (SSSR count). The number of imidazole rings is 1. The van der Waals surface area contributed by atoms with Crippen LogP contribution in [0.15, 0.2) is 61.4 Å². The molecule has 100 valence electrons. The highest BCUT2D eigenvalue weighted by molar-refractivity contribution is 5.71. The van der Waals surface area contributed by atoms with Crippen molar-refractivity contribution in [3.63, 3.8) is 0 Å². The Morgan fingerprint density at radius 1 is 1.10 bits per heavy atom. The number of hydrogen-bond acceptors (Lipinski definition) is 0.